The molecule has 1 aromatic heterocycles. The molecule has 0 bridgehead atoms. The van der Waals surface area contributed by atoms with Gasteiger partial charge in [0.1, 0.15) is 12.7 Å². The van der Waals surface area contributed by atoms with Crippen LogP contribution in [0.25, 0.3) is 0 Å². The minimum Gasteiger partial charge on any atom is -0.354 e. The summed E-state index contributed by atoms with van der Waals surface area (Å²) in [6, 6.07) is 14.3. The minimum absolute atomic E-state index is 0.132. The molecule has 0 saturated carbocycles. The van der Waals surface area contributed by atoms with Crippen molar-refractivity contribution in [1.29, 1.82) is 0 Å². The number of amides is 3. The lowest BCUT2D eigenvalue weighted by atomic mass is 10.0. The van der Waals surface area contributed by atoms with Gasteiger partial charge in [0, 0.05) is 35.2 Å². The second-order valence-electron chi connectivity index (χ2n) is 7.57. The molecule has 156 valence electrons. The van der Waals surface area contributed by atoms with Crippen LogP contribution in [-0.2, 0) is 11.2 Å². The Bertz CT molecular complexity index is 1200. The summed E-state index contributed by atoms with van der Waals surface area (Å²) in [5, 5.41) is 5.81. The molecular formula is C23H20N4O3S. The van der Waals surface area contributed by atoms with Crippen LogP contribution < -0.4 is 10.2 Å². The number of aryl methyl sites for hydroxylation is 1. The number of carbonyl (C=O) groups is 3. The summed E-state index contributed by atoms with van der Waals surface area (Å²) in [5.74, 6) is -0.685. The SMILES string of the molecule is Cc1csc(CCNC(=O)CN2C(=O)c3ccccc3N3C(=O)c4ccccc4[C@@H]23)n1. The van der Waals surface area contributed by atoms with E-state index in [1.54, 1.807) is 46.6 Å². The predicted molar refractivity (Wildman–Crippen MR) is 117 cm³/mol. The van der Waals surface area contributed by atoms with Crippen LogP contribution in [0.4, 0.5) is 5.69 Å². The molecule has 7 nitrogen and oxygen atoms in total. The number of fused-ring (bicyclic) bond motifs is 5. The third-order valence-electron chi connectivity index (χ3n) is 5.52. The van der Waals surface area contributed by atoms with Crippen LogP contribution in [0.2, 0.25) is 0 Å². The number of aromatic nitrogens is 1. The largest absolute Gasteiger partial charge is 0.354 e. The van der Waals surface area contributed by atoms with Gasteiger partial charge in [0.25, 0.3) is 11.8 Å². The van der Waals surface area contributed by atoms with E-state index in [2.05, 4.69) is 10.3 Å². The van der Waals surface area contributed by atoms with Gasteiger partial charge >= 0.3 is 0 Å². The highest BCUT2D eigenvalue weighted by Gasteiger charge is 2.47. The van der Waals surface area contributed by atoms with Gasteiger partial charge in [-0.15, -0.1) is 11.3 Å². The summed E-state index contributed by atoms with van der Waals surface area (Å²) in [6.07, 6.45) is 0.0104. The van der Waals surface area contributed by atoms with Gasteiger partial charge in [-0.1, -0.05) is 30.3 Å². The first kappa shape index (κ1) is 19.4. The average molecular weight is 433 g/mol. The number of hydrogen-bond acceptors (Lipinski definition) is 5. The highest BCUT2D eigenvalue weighted by molar-refractivity contribution is 7.09. The number of rotatable bonds is 5. The van der Waals surface area contributed by atoms with Crippen molar-refractivity contribution in [2.45, 2.75) is 19.5 Å². The van der Waals surface area contributed by atoms with Crippen LogP contribution in [0.5, 0.6) is 0 Å². The van der Waals surface area contributed by atoms with E-state index in [4.69, 9.17) is 0 Å². The Morgan fingerprint density at radius 2 is 1.81 bits per heavy atom. The van der Waals surface area contributed by atoms with Crippen molar-refractivity contribution in [3.8, 4) is 0 Å². The molecule has 31 heavy (non-hydrogen) atoms. The number of nitrogens with zero attached hydrogens (tertiary/aromatic N) is 3. The monoisotopic (exact) mass is 432 g/mol. The molecule has 1 atom stereocenters. The quantitative estimate of drug-likeness (QED) is 0.672. The van der Waals surface area contributed by atoms with Crippen LogP contribution in [-0.4, -0.2) is 40.7 Å². The van der Waals surface area contributed by atoms with Crippen LogP contribution in [0.15, 0.2) is 53.9 Å². The fraction of sp³-hybridized carbons (Fsp3) is 0.217. The first-order chi connectivity index (χ1) is 15.0. The highest BCUT2D eigenvalue weighted by atomic mass is 32.1. The highest BCUT2D eigenvalue weighted by Crippen LogP contribution is 2.44. The van der Waals surface area contributed by atoms with E-state index in [-0.39, 0.29) is 24.3 Å². The maximum atomic E-state index is 13.3. The molecule has 0 radical (unpaired) electrons. The Kier molecular flexibility index (Phi) is 4.78. The first-order valence-electron chi connectivity index (χ1n) is 10.0. The zero-order valence-electron chi connectivity index (χ0n) is 16.9. The van der Waals surface area contributed by atoms with Gasteiger partial charge in [0.2, 0.25) is 5.91 Å². The zero-order valence-corrected chi connectivity index (χ0v) is 17.7. The van der Waals surface area contributed by atoms with E-state index >= 15 is 0 Å². The van der Waals surface area contributed by atoms with Crippen molar-refractivity contribution in [3.63, 3.8) is 0 Å². The second kappa shape index (κ2) is 7.63. The second-order valence-corrected chi connectivity index (χ2v) is 8.51. The fourth-order valence-electron chi connectivity index (χ4n) is 4.17. The van der Waals surface area contributed by atoms with Gasteiger partial charge in [0.05, 0.1) is 16.3 Å². The summed E-state index contributed by atoms with van der Waals surface area (Å²) in [6.45, 7) is 2.24. The Balaban J connectivity index is 1.40. The Morgan fingerprint density at radius 1 is 1.06 bits per heavy atom. The van der Waals surface area contributed by atoms with E-state index in [1.807, 2.05) is 30.5 Å². The number of benzene rings is 2. The summed E-state index contributed by atoms with van der Waals surface area (Å²) in [5.41, 5.74) is 3.26. The van der Waals surface area contributed by atoms with Crippen molar-refractivity contribution in [2.24, 2.45) is 0 Å². The maximum absolute atomic E-state index is 13.3. The van der Waals surface area contributed by atoms with E-state index in [9.17, 15) is 14.4 Å². The summed E-state index contributed by atoms with van der Waals surface area (Å²) < 4.78 is 0. The van der Waals surface area contributed by atoms with Crippen molar-refractivity contribution in [2.75, 3.05) is 18.0 Å². The molecule has 3 heterocycles. The number of nitrogens with one attached hydrogen (secondary N) is 1. The summed E-state index contributed by atoms with van der Waals surface area (Å²) in [7, 11) is 0. The zero-order chi connectivity index (χ0) is 21.5. The smallest absolute Gasteiger partial charge is 0.260 e. The van der Waals surface area contributed by atoms with Crippen LogP contribution in [0, 0.1) is 6.92 Å². The normalized spacial score (nSPS) is 16.7. The third kappa shape index (κ3) is 3.29. The van der Waals surface area contributed by atoms with Gasteiger partial charge < -0.3 is 10.2 Å². The average Bonchev–Trinajstić information content (AvgIpc) is 3.32. The minimum atomic E-state index is -0.626. The predicted octanol–water partition coefficient (Wildman–Crippen LogP) is 2.93. The van der Waals surface area contributed by atoms with Crippen LogP contribution >= 0.6 is 11.3 Å². The van der Waals surface area contributed by atoms with Crippen molar-refractivity contribution < 1.29 is 14.4 Å². The number of carbonyl (C=O) groups excluding carboxylic acids is 3. The molecule has 0 aliphatic carbocycles. The fourth-order valence-corrected chi connectivity index (χ4v) is 4.95. The van der Waals surface area contributed by atoms with Crippen molar-refractivity contribution in [1.82, 2.24) is 15.2 Å². The lowest BCUT2D eigenvalue weighted by Gasteiger charge is -2.40. The van der Waals surface area contributed by atoms with E-state index in [0.29, 0.717) is 29.8 Å². The molecule has 0 unspecified atom stereocenters. The maximum Gasteiger partial charge on any atom is 0.260 e. The van der Waals surface area contributed by atoms with E-state index in [0.717, 1.165) is 16.3 Å². The van der Waals surface area contributed by atoms with Gasteiger partial charge in [-0.05, 0) is 25.1 Å². The molecular weight excluding hydrogens is 412 g/mol. The van der Waals surface area contributed by atoms with Crippen molar-refractivity contribution in [3.05, 3.63) is 81.3 Å². The molecule has 2 aromatic carbocycles. The van der Waals surface area contributed by atoms with Crippen LogP contribution in [0.3, 0.4) is 0 Å². The van der Waals surface area contributed by atoms with Crippen LogP contribution in [0.1, 0.15) is 43.1 Å². The number of hydrogen-bond donors (Lipinski definition) is 1. The molecule has 2 aliphatic heterocycles. The number of thiazole rings is 1. The third-order valence-corrected chi connectivity index (χ3v) is 6.55. The molecule has 8 heteroatoms. The van der Waals surface area contributed by atoms with Crippen molar-refractivity contribution >= 4 is 34.7 Å². The molecule has 1 N–H and O–H groups in total. The summed E-state index contributed by atoms with van der Waals surface area (Å²) >= 11 is 1.56. The first-order valence-corrected chi connectivity index (χ1v) is 10.9. The Hall–Kier alpha value is -3.52. The van der Waals surface area contributed by atoms with Gasteiger partial charge in [0.15, 0.2) is 0 Å². The Labute approximate surface area is 183 Å². The van der Waals surface area contributed by atoms with Gasteiger partial charge in [-0.25, -0.2) is 4.98 Å². The lowest BCUT2D eigenvalue weighted by Crippen LogP contribution is -2.51. The van der Waals surface area contributed by atoms with E-state index in [1.165, 1.54) is 4.90 Å². The van der Waals surface area contributed by atoms with Gasteiger partial charge in [-0.3, -0.25) is 19.3 Å². The molecule has 3 amide bonds. The number of para-hydroxylation sites is 1. The topological polar surface area (TPSA) is 82.6 Å². The molecule has 3 aromatic rings. The standard InChI is InChI=1S/C23H20N4O3S/c1-14-13-31-20(25-14)10-11-24-19(28)12-26-21-15-6-2-3-7-16(15)23(30)27(21)18-9-5-4-8-17(18)22(26)29/h2-9,13,21H,10-12H2,1H3,(H,24,28)/t21-/m0/s1. The Morgan fingerprint density at radius 3 is 2.58 bits per heavy atom. The molecule has 2 aliphatic rings. The molecule has 0 saturated heterocycles. The summed E-state index contributed by atoms with van der Waals surface area (Å²) in [4.78, 5) is 46.7. The molecule has 0 fully saturated rings. The molecule has 0 spiro atoms. The van der Waals surface area contributed by atoms with Gasteiger partial charge in [-0.2, -0.15) is 0 Å². The molecule has 5 rings (SSSR count). The number of anilines is 1. The van der Waals surface area contributed by atoms with E-state index < -0.39 is 6.17 Å². The lowest BCUT2D eigenvalue weighted by molar-refractivity contribution is -0.122.